The molecule has 0 spiro atoms. The van der Waals surface area contributed by atoms with Crippen molar-refractivity contribution in [3.8, 4) is 0 Å². The van der Waals surface area contributed by atoms with Crippen molar-refractivity contribution in [1.29, 1.82) is 0 Å². The van der Waals surface area contributed by atoms with E-state index < -0.39 is 0 Å². The van der Waals surface area contributed by atoms with Crippen molar-refractivity contribution < 1.29 is 0 Å². The highest BCUT2D eigenvalue weighted by atomic mass is 32.1. The number of fused-ring (bicyclic) bond motifs is 3. The summed E-state index contributed by atoms with van der Waals surface area (Å²) >= 11 is 1.74. The van der Waals surface area contributed by atoms with Gasteiger partial charge < -0.3 is 5.32 Å². The van der Waals surface area contributed by atoms with Gasteiger partial charge in [-0.15, -0.1) is 11.3 Å². The maximum absolute atomic E-state index is 4.60. The molecule has 0 saturated heterocycles. The molecule has 1 aromatic rings. The van der Waals surface area contributed by atoms with Crippen molar-refractivity contribution in [2.24, 2.45) is 22.7 Å². The normalized spacial score (nSPS) is 30.1. The second-order valence-corrected chi connectivity index (χ2v) is 7.35. The van der Waals surface area contributed by atoms with Gasteiger partial charge in [0.05, 0.1) is 6.54 Å². The number of hydrogen-bond donors (Lipinski definition) is 1. The van der Waals surface area contributed by atoms with E-state index in [4.69, 9.17) is 0 Å². The standard InChI is InChI=1S/C18H22N2S/c1-3-15-4-2-13(1)9-17(15)12-19-11-14-5-7-20-18-16(10-14)6-8-21-18/h1,3,5-6,8,10,13,15,17,19H,2,4,7,9,11-12H2. The van der Waals surface area contributed by atoms with Crippen LogP contribution in [0.5, 0.6) is 0 Å². The summed E-state index contributed by atoms with van der Waals surface area (Å²) in [6.45, 7) is 2.95. The highest BCUT2D eigenvalue weighted by Gasteiger charge is 2.31. The van der Waals surface area contributed by atoms with Crippen LogP contribution in [-0.4, -0.2) is 19.6 Å². The summed E-state index contributed by atoms with van der Waals surface area (Å²) in [5, 5.41) is 7.10. The third-order valence-corrected chi connectivity index (χ3v) is 5.91. The second-order valence-electron chi connectivity index (χ2n) is 6.46. The van der Waals surface area contributed by atoms with Gasteiger partial charge in [0.25, 0.3) is 0 Å². The highest BCUT2D eigenvalue weighted by molar-refractivity contribution is 7.07. The fourth-order valence-electron chi connectivity index (χ4n) is 3.87. The van der Waals surface area contributed by atoms with Gasteiger partial charge in [0.15, 0.2) is 0 Å². The molecular formula is C18H22N2S. The molecule has 2 nitrogen and oxygen atoms in total. The topological polar surface area (TPSA) is 24.4 Å². The van der Waals surface area contributed by atoms with Crippen LogP contribution in [0.3, 0.4) is 0 Å². The Morgan fingerprint density at radius 3 is 3.10 bits per heavy atom. The first-order chi connectivity index (χ1) is 10.4. The predicted molar refractivity (Wildman–Crippen MR) is 88.8 cm³/mol. The van der Waals surface area contributed by atoms with Gasteiger partial charge in [-0.2, -0.15) is 0 Å². The minimum Gasteiger partial charge on any atom is -0.312 e. The lowest BCUT2D eigenvalue weighted by Crippen LogP contribution is -2.35. The molecule has 0 aromatic carbocycles. The van der Waals surface area contributed by atoms with E-state index in [1.54, 1.807) is 11.3 Å². The zero-order chi connectivity index (χ0) is 14.1. The van der Waals surface area contributed by atoms with Gasteiger partial charge in [-0.05, 0) is 66.7 Å². The molecule has 110 valence electrons. The van der Waals surface area contributed by atoms with Crippen LogP contribution in [0.1, 0.15) is 19.3 Å². The Morgan fingerprint density at radius 1 is 1.29 bits per heavy atom. The average molecular weight is 298 g/mol. The molecule has 1 saturated carbocycles. The molecule has 3 unspecified atom stereocenters. The minimum absolute atomic E-state index is 0.817. The molecule has 1 fully saturated rings. The third kappa shape index (κ3) is 2.90. The zero-order valence-electron chi connectivity index (χ0n) is 12.3. The van der Waals surface area contributed by atoms with E-state index in [1.165, 1.54) is 34.7 Å². The van der Waals surface area contributed by atoms with Crippen molar-refractivity contribution in [2.75, 3.05) is 19.6 Å². The number of nitrogens with one attached hydrogen (secondary N) is 1. The summed E-state index contributed by atoms with van der Waals surface area (Å²) in [6, 6.07) is 2.17. The Labute approximate surface area is 130 Å². The fraction of sp³-hybridized carbons (Fsp3) is 0.500. The van der Waals surface area contributed by atoms with Crippen LogP contribution in [0, 0.1) is 17.8 Å². The van der Waals surface area contributed by atoms with E-state index in [0.29, 0.717) is 0 Å². The molecule has 3 heteroatoms. The largest absolute Gasteiger partial charge is 0.312 e. The maximum atomic E-state index is 4.60. The highest BCUT2D eigenvalue weighted by Crippen LogP contribution is 2.39. The van der Waals surface area contributed by atoms with Gasteiger partial charge in [0, 0.05) is 11.8 Å². The molecule has 1 N–H and O–H groups in total. The Bertz CT molecular complexity index is 682. The SMILES string of the molecule is C1=CC2CCC1CC2CNCC1=CCN=c2sccc2=C1. The number of allylic oxidation sites excluding steroid dienone is 2. The zero-order valence-corrected chi connectivity index (χ0v) is 13.1. The van der Waals surface area contributed by atoms with E-state index in [2.05, 4.69) is 46.1 Å². The van der Waals surface area contributed by atoms with Gasteiger partial charge in [0.1, 0.15) is 4.67 Å². The lowest BCUT2D eigenvalue weighted by molar-refractivity contribution is 0.216. The molecule has 3 aliphatic carbocycles. The van der Waals surface area contributed by atoms with E-state index in [-0.39, 0.29) is 0 Å². The lowest BCUT2D eigenvalue weighted by Gasteiger charge is -2.38. The van der Waals surface area contributed by atoms with Crippen molar-refractivity contribution in [3.63, 3.8) is 0 Å². The van der Waals surface area contributed by atoms with Crippen LogP contribution in [-0.2, 0) is 0 Å². The van der Waals surface area contributed by atoms with E-state index in [9.17, 15) is 0 Å². The van der Waals surface area contributed by atoms with E-state index >= 15 is 0 Å². The average Bonchev–Trinajstić information content (AvgIpc) is 2.87. The molecule has 1 aliphatic heterocycles. The molecule has 2 bridgehead atoms. The maximum Gasteiger partial charge on any atom is 0.118 e. The summed E-state index contributed by atoms with van der Waals surface area (Å²) in [5.41, 5.74) is 1.38. The molecule has 3 atom stereocenters. The van der Waals surface area contributed by atoms with Gasteiger partial charge in [0.2, 0.25) is 0 Å². The van der Waals surface area contributed by atoms with E-state index in [0.717, 1.165) is 37.4 Å². The second kappa shape index (κ2) is 5.90. The Hall–Kier alpha value is -1.19. The summed E-state index contributed by atoms with van der Waals surface area (Å²) in [4.78, 5) is 4.60. The molecular weight excluding hydrogens is 276 g/mol. The van der Waals surface area contributed by atoms with Crippen molar-refractivity contribution in [2.45, 2.75) is 19.3 Å². The number of rotatable bonds is 4. The monoisotopic (exact) mass is 298 g/mol. The van der Waals surface area contributed by atoms with Crippen molar-refractivity contribution in [3.05, 3.63) is 45.1 Å². The van der Waals surface area contributed by atoms with Gasteiger partial charge in [-0.1, -0.05) is 18.2 Å². The summed E-state index contributed by atoms with van der Waals surface area (Å²) < 4.78 is 1.18. The molecule has 1 aromatic heterocycles. The molecule has 0 radical (unpaired) electrons. The minimum atomic E-state index is 0.817. The first kappa shape index (κ1) is 13.5. The van der Waals surface area contributed by atoms with Crippen LogP contribution < -0.4 is 15.2 Å². The molecule has 2 heterocycles. The number of nitrogens with zero attached hydrogens (tertiary/aromatic N) is 1. The third-order valence-electron chi connectivity index (χ3n) is 5.05. The Morgan fingerprint density at radius 2 is 2.29 bits per heavy atom. The number of thiophene rings is 1. The smallest absolute Gasteiger partial charge is 0.118 e. The molecule has 4 aliphatic rings. The van der Waals surface area contributed by atoms with Gasteiger partial charge in [-0.25, -0.2) is 0 Å². The first-order valence-electron chi connectivity index (χ1n) is 8.06. The van der Waals surface area contributed by atoms with Crippen molar-refractivity contribution >= 4 is 17.4 Å². The van der Waals surface area contributed by atoms with Crippen LogP contribution in [0.15, 0.2) is 40.2 Å². The summed E-state index contributed by atoms with van der Waals surface area (Å²) in [6.07, 6.45) is 13.7. The van der Waals surface area contributed by atoms with Crippen LogP contribution in [0.25, 0.3) is 6.08 Å². The van der Waals surface area contributed by atoms with Crippen LogP contribution >= 0.6 is 11.3 Å². The summed E-state index contributed by atoms with van der Waals surface area (Å²) in [7, 11) is 0. The van der Waals surface area contributed by atoms with Crippen LogP contribution in [0.4, 0.5) is 0 Å². The summed E-state index contributed by atoms with van der Waals surface area (Å²) in [5.74, 6) is 2.53. The fourth-order valence-corrected chi connectivity index (χ4v) is 4.62. The van der Waals surface area contributed by atoms with Crippen LogP contribution in [0.2, 0.25) is 0 Å². The predicted octanol–water partition coefficient (Wildman–Crippen LogP) is 2.28. The number of hydrogen-bond acceptors (Lipinski definition) is 3. The van der Waals surface area contributed by atoms with Gasteiger partial charge in [-0.3, -0.25) is 4.99 Å². The lowest BCUT2D eigenvalue weighted by atomic mass is 9.69. The Balaban J connectivity index is 1.35. The molecule has 21 heavy (non-hydrogen) atoms. The molecule has 0 amide bonds. The Kier molecular flexibility index (Phi) is 3.78. The molecule has 5 rings (SSSR count). The van der Waals surface area contributed by atoms with Gasteiger partial charge >= 0.3 is 0 Å². The van der Waals surface area contributed by atoms with E-state index in [1.807, 2.05) is 0 Å². The first-order valence-corrected chi connectivity index (χ1v) is 8.94. The quantitative estimate of drug-likeness (QED) is 0.847. The van der Waals surface area contributed by atoms with Crippen molar-refractivity contribution in [1.82, 2.24) is 5.32 Å².